The van der Waals surface area contributed by atoms with E-state index in [1.54, 1.807) is 6.92 Å². The highest BCUT2D eigenvalue weighted by Gasteiger charge is 2.21. The molecule has 0 unspecified atom stereocenters. The second kappa shape index (κ2) is 2.73. The Hall–Kier alpha value is -0.570. The average molecular weight is 191 g/mol. The molecule has 68 valence electrons. The van der Waals surface area contributed by atoms with E-state index < -0.39 is 5.82 Å². The summed E-state index contributed by atoms with van der Waals surface area (Å²) < 4.78 is 14.6. The molecular formula is C8H12ClFN2. The van der Waals surface area contributed by atoms with E-state index in [0.29, 0.717) is 5.69 Å². The summed E-state index contributed by atoms with van der Waals surface area (Å²) in [6.45, 7) is 7.36. The first kappa shape index (κ1) is 9.52. The quantitative estimate of drug-likeness (QED) is 0.615. The monoisotopic (exact) mass is 190 g/mol. The predicted octanol–water partition coefficient (Wildman–Crippen LogP) is 2.74. The zero-order chi connectivity index (χ0) is 9.52. The first-order chi connectivity index (χ1) is 5.34. The predicted molar refractivity (Wildman–Crippen MR) is 46.9 cm³/mol. The zero-order valence-corrected chi connectivity index (χ0v) is 8.41. The van der Waals surface area contributed by atoms with Gasteiger partial charge in [0.05, 0.1) is 11.2 Å². The first-order valence-corrected chi connectivity index (χ1v) is 4.13. The van der Waals surface area contributed by atoms with Crippen LogP contribution in [-0.4, -0.2) is 9.78 Å². The molecule has 0 radical (unpaired) electrons. The van der Waals surface area contributed by atoms with Crippen LogP contribution in [-0.2, 0) is 5.54 Å². The minimum Gasteiger partial charge on any atom is -0.246 e. The van der Waals surface area contributed by atoms with Gasteiger partial charge in [-0.15, -0.1) is 0 Å². The molecule has 0 atom stereocenters. The van der Waals surface area contributed by atoms with Crippen LogP contribution >= 0.6 is 11.6 Å². The summed E-state index contributed by atoms with van der Waals surface area (Å²) in [5.74, 6) is -0.424. The largest absolute Gasteiger partial charge is 0.246 e. The fraction of sp³-hybridized carbons (Fsp3) is 0.625. The van der Waals surface area contributed by atoms with Crippen LogP contribution in [0.5, 0.6) is 0 Å². The molecule has 1 aromatic heterocycles. The van der Waals surface area contributed by atoms with Crippen molar-refractivity contribution >= 4 is 11.6 Å². The Balaban J connectivity index is 3.28. The maximum Gasteiger partial charge on any atom is 0.182 e. The molecule has 2 nitrogen and oxygen atoms in total. The average Bonchev–Trinajstić information content (AvgIpc) is 2.15. The van der Waals surface area contributed by atoms with Gasteiger partial charge in [-0.3, -0.25) is 0 Å². The van der Waals surface area contributed by atoms with Gasteiger partial charge < -0.3 is 0 Å². The van der Waals surface area contributed by atoms with E-state index >= 15 is 0 Å². The van der Waals surface area contributed by atoms with Crippen LogP contribution in [0, 0.1) is 12.7 Å². The van der Waals surface area contributed by atoms with Crippen LogP contribution < -0.4 is 0 Å². The smallest absolute Gasteiger partial charge is 0.182 e. The molecule has 1 rings (SSSR count). The molecular weight excluding hydrogens is 179 g/mol. The van der Waals surface area contributed by atoms with Crippen molar-refractivity contribution in [2.75, 3.05) is 0 Å². The lowest BCUT2D eigenvalue weighted by atomic mass is 10.1. The summed E-state index contributed by atoms with van der Waals surface area (Å²) >= 11 is 5.72. The number of hydrogen-bond acceptors (Lipinski definition) is 1. The number of hydrogen-bond donors (Lipinski definition) is 0. The summed E-state index contributed by atoms with van der Waals surface area (Å²) in [6.07, 6.45) is 0. The molecule has 0 bridgehead atoms. The van der Waals surface area contributed by atoms with Crippen molar-refractivity contribution in [3.8, 4) is 0 Å². The number of aromatic nitrogens is 2. The van der Waals surface area contributed by atoms with Gasteiger partial charge in [-0.1, -0.05) is 11.6 Å². The van der Waals surface area contributed by atoms with Crippen LogP contribution in [0.25, 0.3) is 0 Å². The molecule has 0 aromatic carbocycles. The molecule has 1 aromatic rings. The molecule has 0 N–H and O–H groups in total. The number of aryl methyl sites for hydroxylation is 1. The van der Waals surface area contributed by atoms with Crippen LogP contribution in [0.2, 0.25) is 5.15 Å². The highest BCUT2D eigenvalue weighted by atomic mass is 35.5. The Kier molecular flexibility index (Phi) is 2.17. The lowest BCUT2D eigenvalue weighted by Crippen LogP contribution is -2.23. The second-order valence-corrected chi connectivity index (χ2v) is 4.13. The fourth-order valence-corrected chi connectivity index (χ4v) is 1.35. The van der Waals surface area contributed by atoms with Gasteiger partial charge in [0.1, 0.15) is 0 Å². The molecule has 0 aliphatic rings. The third kappa shape index (κ3) is 1.46. The standard InChI is InChI=1S/C8H12ClFN2/c1-5-6(10)7(9)12(11-5)8(2,3)4/h1-4H3. The molecule has 0 aliphatic carbocycles. The summed E-state index contributed by atoms with van der Waals surface area (Å²) in [5.41, 5.74) is 0.0709. The van der Waals surface area contributed by atoms with Gasteiger partial charge in [0.15, 0.2) is 11.0 Å². The van der Waals surface area contributed by atoms with Gasteiger partial charge >= 0.3 is 0 Å². The van der Waals surface area contributed by atoms with Crippen molar-refractivity contribution in [3.63, 3.8) is 0 Å². The molecule has 0 saturated carbocycles. The van der Waals surface area contributed by atoms with E-state index in [-0.39, 0.29) is 10.7 Å². The molecule has 0 saturated heterocycles. The topological polar surface area (TPSA) is 17.8 Å². The summed E-state index contributed by atoms with van der Waals surface area (Å²) in [7, 11) is 0. The fourth-order valence-electron chi connectivity index (χ4n) is 0.925. The van der Waals surface area contributed by atoms with Crippen molar-refractivity contribution < 1.29 is 4.39 Å². The van der Waals surface area contributed by atoms with Crippen LogP contribution in [0.3, 0.4) is 0 Å². The van der Waals surface area contributed by atoms with Crippen molar-refractivity contribution in [2.45, 2.75) is 33.2 Å². The van der Waals surface area contributed by atoms with E-state index in [1.807, 2.05) is 20.8 Å². The minimum absolute atomic E-state index is 0.0833. The number of rotatable bonds is 0. The molecule has 12 heavy (non-hydrogen) atoms. The SMILES string of the molecule is Cc1nn(C(C)(C)C)c(Cl)c1F. The van der Waals surface area contributed by atoms with Crippen molar-refractivity contribution in [1.29, 1.82) is 0 Å². The van der Waals surface area contributed by atoms with E-state index in [9.17, 15) is 4.39 Å². The summed E-state index contributed by atoms with van der Waals surface area (Å²) in [6, 6.07) is 0. The molecule has 0 spiro atoms. The van der Waals surface area contributed by atoms with Gasteiger partial charge in [-0.05, 0) is 27.7 Å². The van der Waals surface area contributed by atoms with Crippen molar-refractivity contribution in [1.82, 2.24) is 9.78 Å². The lowest BCUT2D eigenvalue weighted by Gasteiger charge is -2.19. The molecule has 0 fully saturated rings. The third-order valence-electron chi connectivity index (χ3n) is 1.57. The Bertz CT molecular complexity index is 299. The highest BCUT2D eigenvalue weighted by molar-refractivity contribution is 6.29. The van der Waals surface area contributed by atoms with E-state index in [4.69, 9.17) is 11.6 Å². The number of halogens is 2. The minimum atomic E-state index is -0.424. The Labute approximate surface area is 76.3 Å². The van der Waals surface area contributed by atoms with Crippen molar-refractivity contribution in [2.24, 2.45) is 0 Å². The van der Waals surface area contributed by atoms with Gasteiger partial charge in [-0.25, -0.2) is 9.07 Å². The Morgan fingerprint density at radius 1 is 1.42 bits per heavy atom. The maximum absolute atomic E-state index is 13.1. The number of nitrogens with zero attached hydrogens (tertiary/aromatic N) is 2. The molecule has 0 aliphatic heterocycles. The van der Waals surface area contributed by atoms with E-state index in [2.05, 4.69) is 5.10 Å². The lowest BCUT2D eigenvalue weighted by molar-refractivity contribution is 0.353. The van der Waals surface area contributed by atoms with Crippen LogP contribution in [0.15, 0.2) is 0 Å². The second-order valence-electron chi connectivity index (χ2n) is 3.77. The molecule has 1 heterocycles. The third-order valence-corrected chi connectivity index (χ3v) is 1.90. The first-order valence-electron chi connectivity index (χ1n) is 3.75. The van der Waals surface area contributed by atoms with Gasteiger partial charge in [0, 0.05) is 0 Å². The van der Waals surface area contributed by atoms with E-state index in [0.717, 1.165) is 0 Å². The maximum atomic E-state index is 13.1. The van der Waals surface area contributed by atoms with Crippen LogP contribution in [0.4, 0.5) is 4.39 Å². The zero-order valence-electron chi connectivity index (χ0n) is 7.65. The van der Waals surface area contributed by atoms with Crippen molar-refractivity contribution in [3.05, 3.63) is 16.7 Å². The molecule has 0 amide bonds. The Morgan fingerprint density at radius 3 is 2.08 bits per heavy atom. The molecule has 4 heteroatoms. The highest BCUT2D eigenvalue weighted by Crippen LogP contribution is 2.24. The van der Waals surface area contributed by atoms with Crippen LogP contribution in [0.1, 0.15) is 26.5 Å². The van der Waals surface area contributed by atoms with Gasteiger partial charge in [0.25, 0.3) is 0 Å². The summed E-state index contributed by atoms with van der Waals surface area (Å²) in [5, 5.41) is 4.07. The summed E-state index contributed by atoms with van der Waals surface area (Å²) in [4.78, 5) is 0. The normalized spacial score (nSPS) is 12.2. The van der Waals surface area contributed by atoms with Gasteiger partial charge in [0.2, 0.25) is 0 Å². The van der Waals surface area contributed by atoms with Gasteiger partial charge in [-0.2, -0.15) is 5.10 Å². The van der Waals surface area contributed by atoms with E-state index in [1.165, 1.54) is 4.68 Å². The Morgan fingerprint density at radius 2 is 1.92 bits per heavy atom.